The van der Waals surface area contributed by atoms with Crippen molar-refractivity contribution in [2.24, 2.45) is 0 Å². The van der Waals surface area contributed by atoms with Crippen LogP contribution in [0.5, 0.6) is 0 Å². The Morgan fingerprint density at radius 1 is 1.04 bits per heavy atom. The maximum absolute atomic E-state index is 12.2. The quantitative estimate of drug-likeness (QED) is 0.708. The van der Waals surface area contributed by atoms with Gasteiger partial charge in [-0.05, 0) is 17.2 Å². The van der Waals surface area contributed by atoms with Crippen LogP contribution in [0.25, 0.3) is 0 Å². The number of ether oxygens (including phenoxy) is 1. The number of carbonyl (C=O) groups excluding carboxylic acids is 1. The summed E-state index contributed by atoms with van der Waals surface area (Å²) < 4.78 is 5.44. The molecular weight excluding hydrogens is 380 g/mol. The highest BCUT2D eigenvalue weighted by Crippen LogP contribution is 2.20. The molecule has 1 aliphatic rings. The summed E-state index contributed by atoms with van der Waals surface area (Å²) in [6, 6.07) is 16.1. The summed E-state index contributed by atoms with van der Waals surface area (Å²) in [5.74, 6) is 1.23. The number of nitrogens with one attached hydrogen (secondary N) is 2. The van der Waals surface area contributed by atoms with Gasteiger partial charge in [0.2, 0.25) is 5.91 Å². The third-order valence-electron chi connectivity index (χ3n) is 4.68. The van der Waals surface area contributed by atoms with Crippen LogP contribution in [-0.4, -0.2) is 38.0 Å². The van der Waals surface area contributed by atoms with Crippen molar-refractivity contribution in [2.75, 3.05) is 32.1 Å². The lowest BCUT2D eigenvalue weighted by molar-refractivity contribution is -0.921. The zero-order valence-corrected chi connectivity index (χ0v) is 17.0. The van der Waals surface area contributed by atoms with E-state index in [1.54, 1.807) is 11.8 Å². The highest BCUT2D eigenvalue weighted by atomic mass is 35.5. The summed E-state index contributed by atoms with van der Waals surface area (Å²) in [5, 5.41) is 3.81. The lowest BCUT2D eigenvalue weighted by Gasteiger charge is -2.24. The van der Waals surface area contributed by atoms with Crippen LogP contribution in [0, 0.1) is 0 Å². The van der Waals surface area contributed by atoms with Gasteiger partial charge in [-0.3, -0.25) is 4.79 Å². The minimum atomic E-state index is 0.0561. The number of halogens is 1. The Labute approximate surface area is 170 Å². The molecule has 0 aliphatic carbocycles. The Balaban J connectivity index is 1.45. The van der Waals surface area contributed by atoms with Gasteiger partial charge in [0.1, 0.15) is 19.6 Å². The van der Waals surface area contributed by atoms with Crippen LogP contribution in [0.4, 0.5) is 0 Å². The number of thioether (sulfide) groups is 1. The summed E-state index contributed by atoms with van der Waals surface area (Å²) in [5.41, 5.74) is 3.56. The maximum atomic E-state index is 12.2. The van der Waals surface area contributed by atoms with Gasteiger partial charge in [-0.15, -0.1) is 11.8 Å². The number of carbonyl (C=O) groups is 1. The van der Waals surface area contributed by atoms with Gasteiger partial charge >= 0.3 is 0 Å². The molecule has 4 nitrogen and oxygen atoms in total. The summed E-state index contributed by atoms with van der Waals surface area (Å²) in [7, 11) is 0. The molecular formula is C21H26ClN2O2S+. The lowest BCUT2D eigenvalue weighted by Crippen LogP contribution is -3.12. The van der Waals surface area contributed by atoms with Crippen molar-refractivity contribution in [2.45, 2.75) is 18.8 Å². The number of hydrogen-bond donors (Lipinski definition) is 2. The SMILES string of the molecule is O=C(CSCc1ccccc1Cl)NCc1ccccc1C[NH+]1CCOCC1. The molecule has 1 aliphatic heterocycles. The molecule has 0 radical (unpaired) electrons. The van der Waals surface area contributed by atoms with Crippen LogP contribution in [0.3, 0.4) is 0 Å². The smallest absolute Gasteiger partial charge is 0.230 e. The van der Waals surface area contributed by atoms with E-state index >= 15 is 0 Å². The highest BCUT2D eigenvalue weighted by Gasteiger charge is 2.16. The average Bonchev–Trinajstić information content (AvgIpc) is 2.70. The molecule has 2 aromatic carbocycles. The first-order chi connectivity index (χ1) is 13.2. The first-order valence-corrected chi connectivity index (χ1v) is 10.8. The minimum Gasteiger partial charge on any atom is -0.370 e. The molecule has 0 aromatic heterocycles. The summed E-state index contributed by atoms with van der Waals surface area (Å²) in [4.78, 5) is 13.7. The van der Waals surface area contributed by atoms with Crippen molar-refractivity contribution in [1.82, 2.24) is 5.32 Å². The molecule has 0 bridgehead atoms. The fraction of sp³-hybridized carbons (Fsp3) is 0.381. The molecule has 0 spiro atoms. The molecule has 6 heteroatoms. The molecule has 3 rings (SSSR count). The van der Waals surface area contributed by atoms with E-state index in [-0.39, 0.29) is 5.91 Å². The molecule has 0 saturated carbocycles. The van der Waals surface area contributed by atoms with Gasteiger partial charge in [0.05, 0.1) is 19.0 Å². The van der Waals surface area contributed by atoms with E-state index in [4.69, 9.17) is 16.3 Å². The molecule has 1 fully saturated rings. The van der Waals surface area contributed by atoms with E-state index in [9.17, 15) is 4.79 Å². The molecule has 144 valence electrons. The van der Waals surface area contributed by atoms with Crippen molar-refractivity contribution >= 4 is 29.3 Å². The molecule has 0 unspecified atom stereocenters. The summed E-state index contributed by atoms with van der Waals surface area (Å²) >= 11 is 7.74. The topological polar surface area (TPSA) is 42.8 Å². The summed E-state index contributed by atoms with van der Waals surface area (Å²) in [6.45, 7) is 5.30. The Morgan fingerprint density at radius 2 is 1.70 bits per heavy atom. The van der Waals surface area contributed by atoms with E-state index in [1.165, 1.54) is 16.0 Å². The number of morpholine rings is 1. The first-order valence-electron chi connectivity index (χ1n) is 9.28. The minimum absolute atomic E-state index is 0.0561. The predicted octanol–water partition coefficient (Wildman–Crippen LogP) is 2.30. The fourth-order valence-corrected chi connectivity index (χ4v) is 4.27. The van der Waals surface area contributed by atoms with Gasteiger partial charge in [-0.1, -0.05) is 54.1 Å². The van der Waals surface area contributed by atoms with E-state index < -0.39 is 0 Å². The predicted molar refractivity (Wildman–Crippen MR) is 111 cm³/mol. The van der Waals surface area contributed by atoms with Crippen molar-refractivity contribution in [3.05, 3.63) is 70.2 Å². The van der Waals surface area contributed by atoms with Gasteiger partial charge in [-0.25, -0.2) is 0 Å². The number of amides is 1. The normalized spacial score (nSPS) is 14.9. The van der Waals surface area contributed by atoms with Crippen LogP contribution >= 0.6 is 23.4 Å². The Hall–Kier alpha value is -1.53. The lowest BCUT2D eigenvalue weighted by atomic mass is 10.1. The van der Waals surface area contributed by atoms with Crippen molar-refractivity contribution < 1.29 is 14.4 Å². The fourth-order valence-electron chi connectivity index (χ4n) is 3.12. The van der Waals surface area contributed by atoms with Crippen LogP contribution in [0.2, 0.25) is 5.02 Å². The second-order valence-electron chi connectivity index (χ2n) is 6.67. The number of quaternary nitrogens is 1. The second kappa shape index (κ2) is 10.7. The van der Waals surface area contributed by atoms with Crippen molar-refractivity contribution in [3.8, 4) is 0 Å². The summed E-state index contributed by atoms with van der Waals surface area (Å²) in [6.07, 6.45) is 0. The zero-order valence-electron chi connectivity index (χ0n) is 15.4. The zero-order chi connectivity index (χ0) is 18.9. The third kappa shape index (κ3) is 6.54. The van der Waals surface area contributed by atoms with Crippen LogP contribution in [-0.2, 0) is 28.4 Å². The van der Waals surface area contributed by atoms with Gasteiger partial charge in [0.15, 0.2) is 0 Å². The number of benzene rings is 2. The second-order valence-corrected chi connectivity index (χ2v) is 8.06. The molecule has 1 saturated heterocycles. The highest BCUT2D eigenvalue weighted by molar-refractivity contribution is 7.99. The van der Waals surface area contributed by atoms with E-state index in [0.717, 1.165) is 49.2 Å². The largest absolute Gasteiger partial charge is 0.370 e. The first kappa shape index (κ1) is 20.2. The molecule has 2 N–H and O–H groups in total. The molecule has 27 heavy (non-hydrogen) atoms. The molecule has 1 heterocycles. The van der Waals surface area contributed by atoms with Crippen molar-refractivity contribution in [3.63, 3.8) is 0 Å². The molecule has 0 atom stereocenters. The van der Waals surface area contributed by atoms with Gasteiger partial charge in [0.25, 0.3) is 0 Å². The van der Waals surface area contributed by atoms with Crippen molar-refractivity contribution in [1.29, 1.82) is 0 Å². The van der Waals surface area contributed by atoms with Crippen LogP contribution in [0.1, 0.15) is 16.7 Å². The molecule has 1 amide bonds. The van der Waals surface area contributed by atoms with Gasteiger partial charge < -0.3 is 15.0 Å². The van der Waals surface area contributed by atoms with E-state index in [1.807, 2.05) is 30.3 Å². The van der Waals surface area contributed by atoms with E-state index in [2.05, 4.69) is 23.5 Å². The number of hydrogen-bond acceptors (Lipinski definition) is 3. The number of rotatable bonds is 8. The third-order valence-corrected chi connectivity index (χ3v) is 6.03. The Bertz CT molecular complexity index is 750. The van der Waals surface area contributed by atoms with E-state index in [0.29, 0.717) is 12.3 Å². The monoisotopic (exact) mass is 405 g/mol. The average molecular weight is 406 g/mol. The van der Waals surface area contributed by atoms with Crippen LogP contribution < -0.4 is 10.2 Å². The maximum Gasteiger partial charge on any atom is 0.230 e. The standard InChI is InChI=1S/C21H25ClN2O2S/c22-20-8-4-3-7-19(20)15-27-16-21(25)23-13-17-5-1-2-6-18(17)14-24-9-11-26-12-10-24/h1-8H,9-16H2,(H,23,25)/p+1. The van der Waals surface area contributed by atoms with Gasteiger partial charge in [0, 0.05) is 22.9 Å². The van der Waals surface area contributed by atoms with Crippen LogP contribution in [0.15, 0.2) is 48.5 Å². The molecule has 2 aromatic rings. The Kier molecular flexibility index (Phi) is 8.02. The van der Waals surface area contributed by atoms with Gasteiger partial charge in [-0.2, -0.15) is 0 Å². The Morgan fingerprint density at radius 3 is 2.44 bits per heavy atom.